The van der Waals surface area contributed by atoms with Gasteiger partial charge in [0.05, 0.1) is 12.7 Å². The first-order valence-corrected chi connectivity index (χ1v) is 8.80. The number of pyridine rings is 1. The molecule has 5 heteroatoms. The number of amides is 1. The molecule has 134 valence electrons. The van der Waals surface area contributed by atoms with Crippen molar-refractivity contribution < 1.29 is 9.53 Å². The number of methoxy groups -OCH3 is 1. The highest BCUT2D eigenvalue weighted by atomic mass is 16.5. The summed E-state index contributed by atoms with van der Waals surface area (Å²) in [5.41, 5.74) is 1.60. The Kier molecular flexibility index (Phi) is 7.26. The third kappa shape index (κ3) is 5.48. The zero-order valence-corrected chi connectivity index (χ0v) is 15.3. The number of benzene rings is 1. The zero-order valence-electron chi connectivity index (χ0n) is 15.3. The second-order valence-corrected chi connectivity index (χ2v) is 5.92. The largest absolute Gasteiger partial charge is 0.497 e. The first-order valence-electron chi connectivity index (χ1n) is 8.80. The van der Waals surface area contributed by atoms with Crippen LogP contribution in [0.4, 0.5) is 5.82 Å². The molecule has 1 N–H and O–H groups in total. The molecule has 0 aliphatic rings. The molecule has 0 saturated heterocycles. The Morgan fingerprint density at radius 1 is 1.08 bits per heavy atom. The molecule has 0 saturated carbocycles. The molecule has 0 unspecified atom stereocenters. The molecule has 0 spiro atoms. The number of aromatic nitrogens is 1. The Hall–Kier alpha value is -2.56. The summed E-state index contributed by atoms with van der Waals surface area (Å²) in [4.78, 5) is 19.0. The smallest absolute Gasteiger partial charge is 0.253 e. The van der Waals surface area contributed by atoms with Crippen LogP contribution in [-0.2, 0) is 6.54 Å². The van der Waals surface area contributed by atoms with Crippen molar-refractivity contribution in [3.63, 3.8) is 0 Å². The number of hydrogen-bond acceptors (Lipinski definition) is 4. The monoisotopic (exact) mass is 341 g/mol. The van der Waals surface area contributed by atoms with E-state index in [2.05, 4.69) is 29.0 Å². The summed E-state index contributed by atoms with van der Waals surface area (Å²) in [5, 5.41) is 2.92. The molecule has 0 aliphatic heterocycles. The Morgan fingerprint density at radius 2 is 1.76 bits per heavy atom. The number of carbonyl (C=O) groups is 1. The normalized spacial score (nSPS) is 10.4. The van der Waals surface area contributed by atoms with Crippen LogP contribution in [0, 0.1) is 0 Å². The first-order chi connectivity index (χ1) is 12.2. The van der Waals surface area contributed by atoms with Crippen LogP contribution in [0.1, 0.15) is 42.6 Å². The summed E-state index contributed by atoms with van der Waals surface area (Å²) in [6, 6.07) is 11.4. The van der Waals surface area contributed by atoms with Crippen LogP contribution in [0.25, 0.3) is 0 Å². The van der Waals surface area contributed by atoms with Gasteiger partial charge in [0.1, 0.15) is 11.6 Å². The topological polar surface area (TPSA) is 54.5 Å². The number of nitrogens with one attached hydrogen (secondary N) is 1. The molecule has 0 atom stereocenters. The van der Waals surface area contributed by atoms with Crippen LogP contribution in [0.3, 0.4) is 0 Å². The van der Waals surface area contributed by atoms with Crippen molar-refractivity contribution in [1.29, 1.82) is 0 Å². The second-order valence-electron chi connectivity index (χ2n) is 5.92. The van der Waals surface area contributed by atoms with E-state index in [1.165, 1.54) is 0 Å². The van der Waals surface area contributed by atoms with Gasteiger partial charge in [0, 0.05) is 25.8 Å². The first kappa shape index (κ1) is 18.8. The number of nitrogens with zero attached hydrogens (tertiary/aromatic N) is 2. The minimum absolute atomic E-state index is 0.118. The fourth-order valence-corrected chi connectivity index (χ4v) is 2.62. The Morgan fingerprint density at radius 3 is 2.28 bits per heavy atom. The molecule has 0 fully saturated rings. The molecule has 1 amide bonds. The van der Waals surface area contributed by atoms with Crippen molar-refractivity contribution in [2.75, 3.05) is 25.1 Å². The van der Waals surface area contributed by atoms with Crippen LogP contribution in [-0.4, -0.2) is 31.1 Å². The molecule has 0 bridgehead atoms. The molecular formula is C20H27N3O2. The van der Waals surface area contributed by atoms with Gasteiger partial charge >= 0.3 is 0 Å². The van der Waals surface area contributed by atoms with Crippen LogP contribution in [0.5, 0.6) is 5.75 Å². The van der Waals surface area contributed by atoms with E-state index in [0.717, 1.165) is 43.1 Å². The highest BCUT2D eigenvalue weighted by molar-refractivity contribution is 5.94. The highest BCUT2D eigenvalue weighted by Crippen LogP contribution is 2.13. The van der Waals surface area contributed by atoms with E-state index in [9.17, 15) is 4.79 Å². The van der Waals surface area contributed by atoms with Crippen LogP contribution >= 0.6 is 0 Å². The van der Waals surface area contributed by atoms with E-state index >= 15 is 0 Å². The van der Waals surface area contributed by atoms with Crippen molar-refractivity contribution in [3.8, 4) is 5.75 Å². The number of ether oxygens (including phenoxy) is 1. The predicted octanol–water partition coefficient (Wildman–Crippen LogP) is 3.65. The van der Waals surface area contributed by atoms with Gasteiger partial charge in [-0.25, -0.2) is 4.98 Å². The van der Waals surface area contributed by atoms with Gasteiger partial charge in [0.15, 0.2) is 0 Å². The van der Waals surface area contributed by atoms with Gasteiger partial charge in [0.25, 0.3) is 5.91 Å². The number of rotatable bonds is 9. The van der Waals surface area contributed by atoms with E-state index in [0.29, 0.717) is 12.1 Å². The van der Waals surface area contributed by atoms with E-state index in [1.54, 1.807) is 13.3 Å². The van der Waals surface area contributed by atoms with Gasteiger partial charge in [-0.2, -0.15) is 0 Å². The Labute approximate surface area is 150 Å². The van der Waals surface area contributed by atoms with Crippen molar-refractivity contribution >= 4 is 11.7 Å². The number of anilines is 1. The summed E-state index contributed by atoms with van der Waals surface area (Å²) in [5.74, 6) is 1.61. The minimum Gasteiger partial charge on any atom is -0.497 e. The van der Waals surface area contributed by atoms with Gasteiger partial charge in [-0.15, -0.1) is 0 Å². The second kappa shape index (κ2) is 9.67. The van der Waals surface area contributed by atoms with Gasteiger partial charge in [0.2, 0.25) is 0 Å². The van der Waals surface area contributed by atoms with E-state index in [-0.39, 0.29) is 5.91 Å². The summed E-state index contributed by atoms with van der Waals surface area (Å²) in [6.07, 6.45) is 3.80. The van der Waals surface area contributed by atoms with E-state index < -0.39 is 0 Å². The lowest BCUT2D eigenvalue weighted by Crippen LogP contribution is -2.26. The quantitative estimate of drug-likeness (QED) is 0.756. The molecule has 2 aromatic rings. The van der Waals surface area contributed by atoms with Crippen molar-refractivity contribution in [2.24, 2.45) is 0 Å². The molecule has 2 rings (SSSR count). The number of hydrogen-bond donors (Lipinski definition) is 1. The molecule has 5 nitrogen and oxygen atoms in total. The summed E-state index contributed by atoms with van der Waals surface area (Å²) in [7, 11) is 1.63. The van der Waals surface area contributed by atoms with Crippen molar-refractivity contribution in [2.45, 2.75) is 33.2 Å². The third-order valence-electron chi connectivity index (χ3n) is 3.93. The van der Waals surface area contributed by atoms with E-state index in [4.69, 9.17) is 4.74 Å². The predicted molar refractivity (Wildman–Crippen MR) is 101 cm³/mol. The lowest BCUT2D eigenvalue weighted by atomic mass is 10.2. The lowest BCUT2D eigenvalue weighted by Gasteiger charge is -2.22. The van der Waals surface area contributed by atoms with Gasteiger partial charge < -0.3 is 15.0 Å². The van der Waals surface area contributed by atoms with Gasteiger partial charge in [-0.3, -0.25) is 4.79 Å². The number of carbonyl (C=O) groups excluding carboxylic acids is 1. The van der Waals surface area contributed by atoms with Gasteiger partial charge in [-0.05, 0) is 42.7 Å². The van der Waals surface area contributed by atoms with Crippen molar-refractivity contribution in [3.05, 3.63) is 53.7 Å². The molecule has 1 aromatic heterocycles. The molecule has 1 aromatic carbocycles. The lowest BCUT2D eigenvalue weighted by molar-refractivity contribution is 0.0950. The maximum Gasteiger partial charge on any atom is 0.253 e. The summed E-state index contributed by atoms with van der Waals surface area (Å²) in [6.45, 7) is 6.74. The van der Waals surface area contributed by atoms with Crippen LogP contribution < -0.4 is 15.0 Å². The molecule has 0 aliphatic carbocycles. The van der Waals surface area contributed by atoms with Crippen molar-refractivity contribution in [1.82, 2.24) is 10.3 Å². The van der Waals surface area contributed by atoms with Crippen LogP contribution in [0.2, 0.25) is 0 Å². The molecule has 0 radical (unpaired) electrons. The maximum atomic E-state index is 12.3. The third-order valence-corrected chi connectivity index (χ3v) is 3.93. The summed E-state index contributed by atoms with van der Waals surface area (Å²) >= 11 is 0. The highest BCUT2D eigenvalue weighted by Gasteiger charge is 2.09. The fraction of sp³-hybridized carbons (Fsp3) is 0.400. The standard InChI is InChI=1S/C20H27N3O2/c1-4-12-23(13-5-2)19-11-8-17(15-21-19)20(24)22-14-16-6-9-18(25-3)10-7-16/h6-11,15H,4-5,12-14H2,1-3H3,(H,22,24). The maximum absolute atomic E-state index is 12.3. The Bertz CT molecular complexity index is 648. The summed E-state index contributed by atoms with van der Waals surface area (Å²) < 4.78 is 5.13. The Balaban J connectivity index is 1.94. The fourth-order valence-electron chi connectivity index (χ4n) is 2.62. The zero-order chi connectivity index (χ0) is 18.1. The SMILES string of the molecule is CCCN(CCC)c1ccc(C(=O)NCc2ccc(OC)cc2)cn1. The minimum atomic E-state index is -0.118. The van der Waals surface area contributed by atoms with Gasteiger partial charge in [-0.1, -0.05) is 26.0 Å². The molecule has 25 heavy (non-hydrogen) atoms. The van der Waals surface area contributed by atoms with E-state index in [1.807, 2.05) is 36.4 Å². The van der Waals surface area contributed by atoms with Crippen LogP contribution in [0.15, 0.2) is 42.6 Å². The average Bonchev–Trinajstić information content (AvgIpc) is 2.66. The molecule has 1 heterocycles. The average molecular weight is 341 g/mol. The molecular weight excluding hydrogens is 314 g/mol.